The van der Waals surface area contributed by atoms with Crippen molar-refractivity contribution >= 4 is 21.6 Å². The molecule has 144 valence electrons. The molecule has 0 atom stereocenters. The minimum absolute atomic E-state index is 0. The molecule has 0 radical (unpaired) electrons. The largest absolute Gasteiger partial charge is 0.412 e. The summed E-state index contributed by atoms with van der Waals surface area (Å²) in [7, 11) is -3.68. The molecule has 12 nitrogen and oxygen atoms in total. The number of nitrogens with two attached hydrogens (primary N) is 1. The monoisotopic (exact) mass is 375 g/mol. The average molecular weight is 375 g/mol. The van der Waals surface area contributed by atoms with Gasteiger partial charge in [0, 0.05) is 11.3 Å². The number of anilines is 2. The maximum atomic E-state index is 12.0. The van der Waals surface area contributed by atoms with E-state index in [1.807, 2.05) is 0 Å². The number of aryl methyl sites for hydroxylation is 1. The number of aromatic nitrogens is 1. The fraction of sp³-hybridized carbons (Fsp3) is 0.182. The van der Waals surface area contributed by atoms with Crippen LogP contribution in [0.1, 0.15) is 11.3 Å². The molecule has 2 rings (SSSR count). The van der Waals surface area contributed by atoms with Crippen molar-refractivity contribution in [3.05, 3.63) is 35.5 Å². The van der Waals surface area contributed by atoms with Gasteiger partial charge in [-0.3, -0.25) is 0 Å². The second-order valence-corrected chi connectivity index (χ2v) is 5.58. The van der Waals surface area contributed by atoms with Crippen LogP contribution in [0.15, 0.2) is 33.7 Å². The topological polar surface area (TPSA) is 287 Å². The Kier molecular flexibility index (Phi) is 17.0. The van der Waals surface area contributed by atoms with Gasteiger partial charge >= 0.3 is 0 Å². The molecular formula is C11H25N3O9S. The van der Waals surface area contributed by atoms with Gasteiger partial charge in [-0.1, -0.05) is 5.16 Å². The van der Waals surface area contributed by atoms with Gasteiger partial charge in [0.15, 0.2) is 0 Å². The van der Waals surface area contributed by atoms with E-state index in [2.05, 4.69) is 9.88 Å². The van der Waals surface area contributed by atoms with Crippen molar-refractivity contribution in [1.82, 2.24) is 5.16 Å². The Morgan fingerprint density at radius 2 is 1.42 bits per heavy atom. The van der Waals surface area contributed by atoms with Crippen molar-refractivity contribution in [3.63, 3.8) is 0 Å². The Hall–Kier alpha value is -2.26. The highest BCUT2D eigenvalue weighted by Crippen LogP contribution is 2.22. The highest BCUT2D eigenvalue weighted by atomic mass is 32.2. The first-order valence-corrected chi connectivity index (χ1v) is 6.70. The van der Waals surface area contributed by atoms with Crippen LogP contribution in [0, 0.1) is 13.8 Å². The molecule has 1 aromatic carbocycles. The molecular weight excluding hydrogens is 350 g/mol. The molecule has 0 aliphatic carbocycles. The second-order valence-electron chi connectivity index (χ2n) is 3.90. The van der Waals surface area contributed by atoms with Crippen LogP contribution >= 0.6 is 0 Å². The van der Waals surface area contributed by atoms with Gasteiger partial charge < -0.3 is 43.1 Å². The number of nitrogen functional groups attached to an aromatic ring is 1. The normalized spacial score (nSPS) is 8.58. The number of nitrogens with one attached hydrogen (secondary N) is 1. The molecule has 0 fully saturated rings. The molecule has 24 heavy (non-hydrogen) atoms. The van der Waals surface area contributed by atoms with E-state index in [4.69, 9.17) is 10.3 Å². The van der Waals surface area contributed by atoms with Gasteiger partial charge in [0.1, 0.15) is 0 Å². The van der Waals surface area contributed by atoms with Gasteiger partial charge in [0.25, 0.3) is 10.0 Å². The maximum absolute atomic E-state index is 12.0. The second kappa shape index (κ2) is 12.2. The third kappa shape index (κ3) is 6.88. The smallest absolute Gasteiger partial charge is 0.264 e. The lowest BCUT2D eigenvalue weighted by molar-refractivity contribution is 0.430. The Bertz CT molecular complexity index is 671. The van der Waals surface area contributed by atoms with Crippen LogP contribution in [0.25, 0.3) is 0 Å². The summed E-state index contributed by atoms with van der Waals surface area (Å²) in [5.41, 5.74) is 7.31. The van der Waals surface area contributed by atoms with Gasteiger partial charge in [-0.25, -0.2) is 13.1 Å². The van der Waals surface area contributed by atoms with Crippen molar-refractivity contribution in [2.75, 3.05) is 10.5 Å². The lowest BCUT2D eigenvalue weighted by Crippen LogP contribution is -2.13. The number of sulfonamides is 1. The standard InChI is InChI=1S/C11H13N3O3S.6H2O/c1-7-8(2)13-17-11(7)14-18(15,16)10-5-3-9(12)4-6-10;;;;;;/h3-6,14H,12H2,1-2H3;6*1H2. The summed E-state index contributed by atoms with van der Waals surface area (Å²) in [5, 5.41) is 3.69. The van der Waals surface area contributed by atoms with Crippen molar-refractivity contribution in [2.24, 2.45) is 0 Å². The van der Waals surface area contributed by atoms with Crippen LogP contribution < -0.4 is 10.5 Å². The number of hydrogen-bond acceptors (Lipinski definition) is 5. The first-order valence-electron chi connectivity index (χ1n) is 5.21. The summed E-state index contributed by atoms with van der Waals surface area (Å²) in [4.78, 5) is 0.116. The molecule has 13 heteroatoms. The molecule has 0 bridgehead atoms. The summed E-state index contributed by atoms with van der Waals surface area (Å²) in [6.07, 6.45) is 0. The van der Waals surface area contributed by atoms with Crippen LogP contribution in [-0.2, 0) is 10.0 Å². The molecule has 0 unspecified atom stereocenters. The fourth-order valence-electron chi connectivity index (χ4n) is 1.34. The van der Waals surface area contributed by atoms with Crippen molar-refractivity contribution in [2.45, 2.75) is 18.7 Å². The highest BCUT2D eigenvalue weighted by molar-refractivity contribution is 7.92. The van der Waals surface area contributed by atoms with Crippen molar-refractivity contribution < 1.29 is 45.8 Å². The molecule has 0 spiro atoms. The summed E-state index contributed by atoms with van der Waals surface area (Å²) in [6.45, 7) is 3.46. The first-order chi connectivity index (χ1) is 8.40. The molecule has 1 heterocycles. The Morgan fingerprint density at radius 3 is 1.79 bits per heavy atom. The molecule has 0 amide bonds. The zero-order valence-corrected chi connectivity index (χ0v) is 13.8. The van der Waals surface area contributed by atoms with E-state index in [-0.39, 0.29) is 43.6 Å². The minimum Gasteiger partial charge on any atom is -0.412 e. The Labute approximate surface area is 138 Å². The number of hydrogen-bond donors (Lipinski definition) is 2. The van der Waals surface area contributed by atoms with Crippen LogP contribution in [0.2, 0.25) is 0 Å². The Morgan fingerprint density at radius 1 is 0.958 bits per heavy atom. The molecule has 15 N–H and O–H groups in total. The number of benzene rings is 1. The lowest BCUT2D eigenvalue weighted by atomic mass is 10.3. The zero-order chi connectivity index (χ0) is 13.3. The first kappa shape index (κ1) is 33.4. The lowest BCUT2D eigenvalue weighted by Gasteiger charge is -2.05. The maximum Gasteiger partial charge on any atom is 0.264 e. The number of rotatable bonds is 3. The summed E-state index contributed by atoms with van der Waals surface area (Å²) in [6, 6.07) is 5.90. The third-order valence-corrected chi connectivity index (χ3v) is 3.92. The van der Waals surface area contributed by atoms with E-state index < -0.39 is 10.0 Å². The summed E-state index contributed by atoms with van der Waals surface area (Å²) < 4.78 is 31.3. The fourth-order valence-corrected chi connectivity index (χ4v) is 2.39. The molecule has 0 aliphatic heterocycles. The van der Waals surface area contributed by atoms with Gasteiger partial charge in [-0.05, 0) is 38.1 Å². The predicted octanol–water partition coefficient (Wildman–Crippen LogP) is -3.27. The average Bonchev–Trinajstić information content (AvgIpc) is 2.61. The van der Waals surface area contributed by atoms with E-state index in [9.17, 15) is 8.42 Å². The zero-order valence-electron chi connectivity index (χ0n) is 13.0. The van der Waals surface area contributed by atoms with E-state index in [0.29, 0.717) is 16.9 Å². The van der Waals surface area contributed by atoms with E-state index in [1.165, 1.54) is 24.3 Å². The van der Waals surface area contributed by atoms with Crippen LogP contribution in [0.4, 0.5) is 11.6 Å². The van der Waals surface area contributed by atoms with Crippen molar-refractivity contribution in [1.29, 1.82) is 0 Å². The molecule has 0 aliphatic rings. The predicted molar refractivity (Wildman–Crippen MR) is 89.3 cm³/mol. The van der Waals surface area contributed by atoms with Crippen LogP contribution in [0.5, 0.6) is 0 Å². The third-order valence-electron chi connectivity index (χ3n) is 2.57. The summed E-state index contributed by atoms with van der Waals surface area (Å²) >= 11 is 0. The van der Waals surface area contributed by atoms with E-state index >= 15 is 0 Å². The van der Waals surface area contributed by atoms with Crippen LogP contribution in [-0.4, -0.2) is 46.4 Å². The minimum atomic E-state index is -3.68. The molecule has 0 saturated carbocycles. The van der Waals surface area contributed by atoms with Gasteiger partial charge in [0.2, 0.25) is 5.88 Å². The molecule has 0 saturated heterocycles. The quantitative estimate of drug-likeness (QED) is 0.520. The Balaban J connectivity index is -0.000000201. The summed E-state index contributed by atoms with van der Waals surface area (Å²) in [5.74, 6) is 0.129. The highest BCUT2D eigenvalue weighted by Gasteiger charge is 2.18. The molecule has 2 aromatic rings. The number of nitrogens with zero attached hydrogens (tertiary/aromatic N) is 1. The van der Waals surface area contributed by atoms with Crippen LogP contribution in [0.3, 0.4) is 0 Å². The van der Waals surface area contributed by atoms with Gasteiger partial charge in [-0.2, -0.15) is 0 Å². The molecule has 1 aromatic heterocycles. The van der Waals surface area contributed by atoms with E-state index in [1.54, 1.807) is 13.8 Å². The van der Waals surface area contributed by atoms with Crippen molar-refractivity contribution in [3.8, 4) is 0 Å². The van der Waals surface area contributed by atoms with E-state index in [0.717, 1.165) is 0 Å². The SMILES string of the molecule is Cc1noc(NS(=O)(=O)c2ccc(N)cc2)c1C.O.O.O.O.O.O. The van der Waals surface area contributed by atoms with Gasteiger partial charge in [0.05, 0.1) is 10.6 Å². The van der Waals surface area contributed by atoms with Gasteiger partial charge in [-0.15, -0.1) is 0 Å².